The van der Waals surface area contributed by atoms with Crippen LogP contribution in [0.4, 0.5) is 0 Å². The number of ether oxygens (including phenoxy) is 2. The second-order valence-electron chi connectivity index (χ2n) is 4.48. The highest BCUT2D eigenvalue weighted by Crippen LogP contribution is 2.06. The molecule has 0 fully saturated rings. The zero-order valence-corrected chi connectivity index (χ0v) is 10.1. The minimum atomic E-state index is -0.421. The van der Waals surface area contributed by atoms with Gasteiger partial charge in [-0.1, -0.05) is 0 Å². The van der Waals surface area contributed by atoms with Crippen molar-refractivity contribution in [1.82, 2.24) is 0 Å². The third kappa shape index (κ3) is 7.93. The molecule has 0 saturated carbocycles. The van der Waals surface area contributed by atoms with Gasteiger partial charge in [0, 0.05) is 6.92 Å². The first-order valence-electron chi connectivity index (χ1n) is 4.79. The number of carbonyl (C=O) groups is 2. The molecule has 0 aliphatic rings. The summed E-state index contributed by atoms with van der Waals surface area (Å²) in [5.74, 6) is -0.743. The normalized spacial score (nSPS) is 13.1. The second kappa shape index (κ2) is 5.70. The molecule has 88 valence electrons. The highest BCUT2D eigenvalue weighted by Gasteiger charge is 2.24. The van der Waals surface area contributed by atoms with E-state index < -0.39 is 6.10 Å². The maximum absolute atomic E-state index is 11.1. The Morgan fingerprint density at radius 2 is 1.80 bits per heavy atom. The summed E-state index contributed by atoms with van der Waals surface area (Å²) in [6.45, 7) is 1.91. The fourth-order valence-corrected chi connectivity index (χ4v) is 1.26. The van der Waals surface area contributed by atoms with Crippen molar-refractivity contribution >= 4 is 11.9 Å². The van der Waals surface area contributed by atoms with Crippen LogP contribution in [0.5, 0.6) is 0 Å². The smallest absolute Gasteiger partial charge is 0.309 e. The van der Waals surface area contributed by atoms with Gasteiger partial charge in [-0.25, -0.2) is 0 Å². The summed E-state index contributed by atoms with van der Waals surface area (Å²) < 4.78 is 10.2. The van der Waals surface area contributed by atoms with E-state index in [9.17, 15) is 9.59 Å². The molecule has 0 aromatic carbocycles. The molecule has 0 N–H and O–H groups in total. The summed E-state index contributed by atoms with van der Waals surface area (Å²) in [6, 6.07) is 0. The van der Waals surface area contributed by atoms with E-state index in [1.165, 1.54) is 14.0 Å². The topological polar surface area (TPSA) is 52.6 Å². The Morgan fingerprint density at radius 1 is 1.27 bits per heavy atom. The Hall–Kier alpha value is -1.10. The number of methoxy groups -OCH3 is 1. The lowest BCUT2D eigenvalue weighted by molar-refractivity contribution is -0.873. The number of carbonyl (C=O) groups excluding carboxylic acids is 2. The number of quaternary nitrogens is 1. The van der Waals surface area contributed by atoms with Crippen LogP contribution in [0.1, 0.15) is 13.3 Å². The Balaban J connectivity index is 4.31. The summed E-state index contributed by atoms with van der Waals surface area (Å²) in [4.78, 5) is 21.9. The van der Waals surface area contributed by atoms with Gasteiger partial charge in [0.05, 0.1) is 34.7 Å². The highest BCUT2D eigenvalue weighted by molar-refractivity contribution is 5.71. The molecule has 0 saturated heterocycles. The lowest BCUT2D eigenvalue weighted by Gasteiger charge is -2.28. The molecule has 0 bridgehead atoms. The molecule has 5 nitrogen and oxygen atoms in total. The van der Waals surface area contributed by atoms with Crippen molar-refractivity contribution in [1.29, 1.82) is 0 Å². The third-order valence-corrected chi connectivity index (χ3v) is 1.71. The first-order chi connectivity index (χ1) is 6.74. The zero-order chi connectivity index (χ0) is 12.1. The van der Waals surface area contributed by atoms with E-state index in [2.05, 4.69) is 4.74 Å². The monoisotopic (exact) mass is 218 g/mol. The van der Waals surface area contributed by atoms with Crippen LogP contribution in [0.25, 0.3) is 0 Å². The third-order valence-electron chi connectivity index (χ3n) is 1.71. The lowest BCUT2D eigenvalue weighted by atomic mass is 10.2. The van der Waals surface area contributed by atoms with Crippen molar-refractivity contribution in [3.05, 3.63) is 0 Å². The van der Waals surface area contributed by atoms with Crippen molar-refractivity contribution in [2.24, 2.45) is 0 Å². The quantitative estimate of drug-likeness (QED) is 0.488. The minimum Gasteiger partial charge on any atom is -0.469 e. The number of likely N-dealkylation sites (N-methyl/N-ethyl adjacent to an activating group) is 1. The lowest BCUT2D eigenvalue weighted by Crippen LogP contribution is -2.43. The van der Waals surface area contributed by atoms with Gasteiger partial charge in [-0.3, -0.25) is 9.59 Å². The average Bonchev–Trinajstić information content (AvgIpc) is 1.99. The van der Waals surface area contributed by atoms with Gasteiger partial charge in [0.15, 0.2) is 6.10 Å². The van der Waals surface area contributed by atoms with Crippen molar-refractivity contribution in [3.8, 4) is 0 Å². The Bertz CT molecular complexity index is 232. The van der Waals surface area contributed by atoms with Crippen LogP contribution in [-0.4, -0.2) is 57.3 Å². The highest BCUT2D eigenvalue weighted by atomic mass is 16.6. The zero-order valence-electron chi connectivity index (χ0n) is 10.1. The van der Waals surface area contributed by atoms with Gasteiger partial charge in [-0.05, 0) is 0 Å². The molecule has 0 rings (SSSR count). The molecule has 5 heteroatoms. The van der Waals surface area contributed by atoms with E-state index in [4.69, 9.17) is 4.74 Å². The minimum absolute atomic E-state index is 0.103. The maximum atomic E-state index is 11.1. The number of hydrogen-bond acceptors (Lipinski definition) is 4. The molecule has 0 aliphatic carbocycles. The van der Waals surface area contributed by atoms with Crippen LogP contribution in [0.3, 0.4) is 0 Å². The molecular formula is C10H20NO4+. The summed E-state index contributed by atoms with van der Waals surface area (Å²) in [5, 5.41) is 0. The Kier molecular flexibility index (Phi) is 5.28. The molecule has 0 spiro atoms. The second-order valence-corrected chi connectivity index (χ2v) is 4.48. The van der Waals surface area contributed by atoms with E-state index in [0.717, 1.165) is 0 Å². The Morgan fingerprint density at radius 3 is 2.13 bits per heavy atom. The van der Waals surface area contributed by atoms with Gasteiger partial charge in [0.2, 0.25) is 0 Å². The first kappa shape index (κ1) is 13.9. The Labute approximate surface area is 90.5 Å². The number of hydrogen-bond donors (Lipinski definition) is 0. The van der Waals surface area contributed by atoms with Crippen molar-refractivity contribution in [2.45, 2.75) is 19.4 Å². The van der Waals surface area contributed by atoms with Gasteiger partial charge in [0.1, 0.15) is 6.54 Å². The van der Waals surface area contributed by atoms with E-state index in [0.29, 0.717) is 11.0 Å². The van der Waals surface area contributed by atoms with Crippen LogP contribution in [0.2, 0.25) is 0 Å². The SMILES string of the molecule is COC(=O)CC(C[N+](C)(C)C)OC(C)=O. The van der Waals surface area contributed by atoms with Gasteiger partial charge in [-0.15, -0.1) is 0 Å². The van der Waals surface area contributed by atoms with E-state index in [1.54, 1.807) is 0 Å². The van der Waals surface area contributed by atoms with E-state index >= 15 is 0 Å². The molecule has 15 heavy (non-hydrogen) atoms. The van der Waals surface area contributed by atoms with Gasteiger partial charge in [-0.2, -0.15) is 0 Å². The van der Waals surface area contributed by atoms with Crippen molar-refractivity contribution in [3.63, 3.8) is 0 Å². The van der Waals surface area contributed by atoms with Gasteiger partial charge >= 0.3 is 11.9 Å². The van der Waals surface area contributed by atoms with Gasteiger partial charge < -0.3 is 14.0 Å². The molecule has 0 radical (unpaired) electrons. The van der Waals surface area contributed by atoms with E-state index in [-0.39, 0.29) is 18.4 Å². The average molecular weight is 218 g/mol. The number of rotatable bonds is 5. The van der Waals surface area contributed by atoms with Crippen LogP contribution in [0, 0.1) is 0 Å². The first-order valence-corrected chi connectivity index (χ1v) is 4.79. The molecule has 0 aromatic heterocycles. The molecule has 1 unspecified atom stereocenters. The maximum Gasteiger partial charge on any atom is 0.309 e. The molecular weight excluding hydrogens is 198 g/mol. The molecule has 0 amide bonds. The van der Waals surface area contributed by atoms with Crippen LogP contribution in [-0.2, 0) is 19.1 Å². The summed E-state index contributed by atoms with van der Waals surface area (Å²) in [5.41, 5.74) is 0. The summed E-state index contributed by atoms with van der Waals surface area (Å²) in [7, 11) is 7.22. The van der Waals surface area contributed by atoms with Crippen molar-refractivity contribution in [2.75, 3.05) is 34.8 Å². The molecule has 1 atom stereocenters. The molecule has 0 aliphatic heterocycles. The summed E-state index contributed by atoms with van der Waals surface area (Å²) >= 11 is 0. The summed E-state index contributed by atoms with van der Waals surface area (Å²) in [6.07, 6.45) is -0.319. The van der Waals surface area contributed by atoms with Crippen molar-refractivity contribution < 1.29 is 23.5 Å². The largest absolute Gasteiger partial charge is 0.469 e. The predicted octanol–water partition coefficient (Wildman–Crippen LogP) is 0.187. The fourth-order valence-electron chi connectivity index (χ4n) is 1.26. The van der Waals surface area contributed by atoms with Crippen LogP contribution < -0.4 is 0 Å². The van der Waals surface area contributed by atoms with Crippen LogP contribution in [0.15, 0.2) is 0 Å². The number of esters is 2. The molecule has 0 aromatic rings. The predicted molar refractivity (Wildman–Crippen MR) is 55.1 cm³/mol. The standard InChI is InChI=1S/C10H20NO4/c1-8(12)15-9(6-10(13)14-5)7-11(2,3)4/h9H,6-7H2,1-5H3/q+1. The van der Waals surface area contributed by atoms with E-state index in [1.807, 2.05) is 21.1 Å². The number of nitrogens with zero attached hydrogens (tertiary/aromatic N) is 1. The fraction of sp³-hybridized carbons (Fsp3) is 0.800. The van der Waals surface area contributed by atoms with Crippen LogP contribution >= 0.6 is 0 Å². The molecule has 0 heterocycles. The van der Waals surface area contributed by atoms with Gasteiger partial charge in [0.25, 0.3) is 0 Å².